The molecule has 19 heavy (non-hydrogen) atoms. The van der Waals surface area contributed by atoms with Gasteiger partial charge in [0.05, 0.1) is 17.8 Å². The van der Waals surface area contributed by atoms with Crippen LogP contribution < -0.4 is 5.32 Å². The third-order valence-corrected chi connectivity index (χ3v) is 3.96. The van der Waals surface area contributed by atoms with Crippen LogP contribution in [-0.2, 0) is 10.5 Å². The Kier molecular flexibility index (Phi) is 4.93. The second-order valence-electron chi connectivity index (χ2n) is 4.03. The Morgan fingerprint density at radius 2 is 2.21 bits per heavy atom. The minimum atomic E-state index is -0.0399. The van der Waals surface area contributed by atoms with Crippen molar-refractivity contribution in [1.29, 1.82) is 0 Å². The molecule has 3 nitrogen and oxygen atoms in total. The van der Waals surface area contributed by atoms with Crippen molar-refractivity contribution in [3.8, 4) is 0 Å². The molecule has 0 unspecified atom stereocenters. The van der Waals surface area contributed by atoms with E-state index in [4.69, 9.17) is 16.0 Å². The van der Waals surface area contributed by atoms with Gasteiger partial charge in [-0.15, -0.1) is 11.8 Å². The van der Waals surface area contributed by atoms with Crippen molar-refractivity contribution < 1.29 is 9.21 Å². The topological polar surface area (TPSA) is 42.2 Å². The zero-order valence-corrected chi connectivity index (χ0v) is 12.1. The monoisotopic (exact) mass is 295 g/mol. The first-order valence-corrected chi connectivity index (χ1v) is 7.35. The summed E-state index contributed by atoms with van der Waals surface area (Å²) >= 11 is 7.51. The van der Waals surface area contributed by atoms with Gasteiger partial charge >= 0.3 is 0 Å². The van der Waals surface area contributed by atoms with Gasteiger partial charge < -0.3 is 9.73 Å². The van der Waals surface area contributed by atoms with Crippen molar-refractivity contribution in [2.75, 3.05) is 11.1 Å². The molecule has 100 valence electrons. The minimum Gasteiger partial charge on any atom is -0.468 e. The van der Waals surface area contributed by atoms with E-state index in [0.29, 0.717) is 16.5 Å². The number of nitrogens with one attached hydrogen (secondary N) is 1. The Morgan fingerprint density at radius 3 is 2.95 bits per heavy atom. The first kappa shape index (κ1) is 14.0. The van der Waals surface area contributed by atoms with Crippen molar-refractivity contribution in [1.82, 2.24) is 0 Å². The highest BCUT2D eigenvalue weighted by atomic mass is 35.5. The molecule has 0 aliphatic rings. The number of hydrogen-bond acceptors (Lipinski definition) is 3. The number of carbonyl (C=O) groups is 1. The molecule has 1 aromatic carbocycles. The van der Waals surface area contributed by atoms with E-state index in [2.05, 4.69) is 5.32 Å². The van der Waals surface area contributed by atoms with Gasteiger partial charge in [-0.05, 0) is 36.8 Å². The Hall–Kier alpha value is -1.39. The average Bonchev–Trinajstić information content (AvgIpc) is 2.88. The van der Waals surface area contributed by atoms with Gasteiger partial charge in [0, 0.05) is 10.7 Å². The summed E-state index contributed by atoms with van der Waals surface area (Å²) in [6.07, 6.45) is 1.63. The molecule has 0 atom stereocenters. The number of halogens is 1. The van der Waals surface area contributed by atoms with Gasteiger partial charge in [0.25, 0.3) is 0 Å². The summed E-state index contributed by atoms with van der Waals surface area (Å²) in [4.78, 5) is 11.8. The van der Waals surface area contributed by atoms with Crippen LogP contribution in [0.3, 0.4) is 0 Å². The quantitative estimate of drug-likeness (QED) is 0.902. The molecular weight excluding hydrogens is 282 g/mol. The number of rotatable bonds is 5. The molecule has 2 rings (SSSR count). The summed E-state index contributed by atoms with van der Waals surface area (Å²) in [6.45, 7) is 1.88. The van der Waals surface area contributed by atoms with Crippen molar-refractivity contribution in [2.24, 2.45) is 0 Å². The fourth-order valence-electron chi connectivity index (χ4n) is 1.57. The SMILES string of the molecule is Cc1c(Cl)cccc1NC(=O)CSCc1ccco1. The first-order chi connectivity index (χ1) is 9.16. The fraction of sp³-hybridized carbons (Fsp3) is 0.214. The molecule has 0 saturated heterocycles. The number of amides is 1. The van der Waals surface area contributed by atoms with Gasteiger partial charge in [-0.25, -0.2) is 0 Å². The lowest BCUT2D eigenvalue weighted by Crippen LogP contribution is -2.15. The maximum atomic E-state index is 11.8. The second kappa shape index (κ2) is 6.68. The molecule has 1 aromatic heterocycles. The Bertz CT molecular complexity index is 555. The summed E-state index contributed by atoms with van der Waals surface area (Å²) in [6, 6.07) is 9.20. The molecule has 5 heteroatoms. The van der Waals surface area contributed by atoms with Gasteiger partial charge in [0.15, 0.2) is 0 Å². The van der Waals surface area contributed by atoms with Crippen molar-refractivity contribution in [2.45, 2.75) is 12.7 Å². The number of thioether (sulfide) groups is 1. The van der Waals surface area contributed by atoms with Gasteiger partial charge in [0.1, 0.15) is 5.76 Å². The standard InChI is InChI=1S/C14H14ClNO2S/c1-10-12(15)5-2-6-13(10)16-14(17)9-19-8-11-4-3-7-18-11/h2-7H,8-9H2,1H3,(H,16,17). The molecule has 0 aliphatic heterocycles. The molecule has 0 saturated carbocycles. The molecule has 1 amide bonds. The smallest absolute Gasteiger partial charge is 0.234 e. The average molecular weight is 296 g/mol. The zero-order chi connectivity index (χ0) is 13.7. The van der Waals surface area contributed by atoms with Crippen LogP contribution in [0.1, 0.15) is 11.3 Å². The summed E-state index contributed by atoms with van der Waals surface area (Å²) in [5.74, 6) is 1.90. The molecule has 0 fully saturated rings. The molecule has 0 aliphatic carbocycles. The summed E-state index contributed by atoms with van der Waals surface area (Å²) in [5.41, 5.74) is 1.64. The normalized spacial score (nSPS) is 10.4. The van der Waals surface area contributed by atoms with Crippen LogP contribution in [-0.4, -0.2) is 11.7 Å². The van der Waals surface area contributed by atoms with E-state index in [1.165, 1.54) is 11.8 Å². The van der Waals surface area contributed by atoms with E-state index >= 15 is 0 Å². The summed E-state index contributed by atoms with van der Waals surface area (Å²) in [7, 11) is 0. The van der Waals surface area contributed by atoms with Gasteiger partial charge in [0.2, 0.25) is 5.91 Å². The molecule has 0 radical (unpaired) electrons. The molecule has 1 heterocycles. The van der Waals surface area contributed by atoms with Crippen LogP contribution in [0.4, 0.5) is 5.69 Å². The van der Waals surface area contributed by atoms with Crippen molar-refractivity contribution in [3.05, 3.63) is 52.9 Å². The number of carbonyl (C=O) groups excluding carboxylic acids is 1. The summed E-state index contributed by atoms with van der Waals surface area (Å²) in [5, 5.41) is 3.51. The maximum absolute atomic E-state index is 11.8. The maximum Gasteiger partial charge on any atom is 0.234 e. The highest BCUT2D eigenvalue weighted by molar-refractivity contribution is 7.99. The zero-order valence-electron chi connectivity index (χ0n) is 10.5. The van der Waals surface area contributed by atoms with E-state index < -0.39 is 0 Å². The number of hydrogen-bond donors (Lipinski definition) is 1. The number of furan rings is 1. The van der Waals surface area contributed by atoms with E-state index in [0.717, 1.165) is 17.0 Å². The van der Waals surface area contributed by atoms with Gasteiger partial charge in [-0.1, -0.05) is 17.7 Å². The third-order valence-electron chi connectivity index (χ3n) is 2.60. The lowest BCUT2D eigenvalue weighted by Gasteiger charge is -2.09. The highest BCUT2D eigenvalue weighted by Gasteiger charge is 2.07. The Labute approximate surface area is 121 Å². The van der Waals surface area contributed by atoms with Crippen LogP contribution >= 0.6 is 23.4 Å². The van der Waals surface area contributed by atoms with Crippen LogP contribution in [0.5, 0.6) is 0 Å². The highest BCUT2D eigenvalue weighted by Crippen LogP contribution is 2.23. The predicted molar refractivity (Wildman–Crippen MR) is 79.7 cm³/mol. The molecule has 1 N–H and O–H groups in total. The molecule has 0 bridgehead atoms. The molecular formula is C14H14ClNO2S. The van der Waals surface area contributed by atoms with Crippen LogP contribution in [0.25, 0.3) is 0 Å². The van der Waals surface area contributed by atoms with E-state index in [-0.39, 0.29) is 5.91 Å². The molecule has 0 spiro atoms. The first-order valence-electron chi connectivity index (χ1n) is 5.82. The Morgan fingerprint density at radius 1 is 1.37 bits per heavy atom. The lowest BCUT2D eigenvalue weighted by atomic mass is 10.2. The van der Waals surface area contributed by atoms with Crippen LogP contribution in [0, 0.1) is 6.92 Å². The van der Waals surface area contributed by atoms with E-state index in [9.17, 15) is 4.79 Å². The second-order valence-corrected chi connectivity index (χ2v) is 5.43. The number of benzene rings is 1. The largest absolute Gasteiger partial charge is 0.468 e. The third kappa shape index (κ3) is 4.04. The van der Waals surface area contributed by atoms with Gasteiger partial charge in [-0.2, -0.15) is 0 Å². The summed E-state index contributed by atoms with van der Waals surface area (Å²) < 4.78 is 5.20. The molecule has 2 aromatic rings. The lowest BCUT2D eigenvalue weighted by molar-refractivity contribution is -0.113. The van der Waals surface area contributed by atoms with Gasteiger partial charge in [-0.3, -0.25) is 4.79 Å². The number of anilines is 1. The predicted octanol–water partition coefficient (Wildman–Crippen LogP) is 4.11. The minimum absolute atomic E-state index is 0.0399. The van der Waals surface area contributed by atoms with Crippen molar-refractivity contribution >= 4 is 35.0 Å². The van der Waals surface area contributed by atoms with Crippen LogP contribution in [0.15, 0.2) is 41.0 Å². The fourth-order valence-corrected chi connectivity index (χ4v) is 2.47. The van der Waals surface area contributed by atoms with Crippen LogP contribution in [0.2, 0.25) is 5.02 Å². The van der Waals surface area contributed by atoms with E-state index in [1.807, 2.05) is 31.2 Å². The van der Waals surface area contributed by atoms with Crippen molar-refractivity contribution in [3.63, 3.8) is 0 Å². The van der Waals surface area contributed by atoms with E-state index in [1.54, 1.807) is 12.3 Å². The Balaban J connectivity index is 1.82.